The zero-order valence-electron chi connectivity index (χ0n) is 11.7. The summed E-state index contributed by atoms with van der Waals surface area (Å²) in [5, 5.41) is 11.4. The molecule has 2 N–H and O–H groups in total. The summed E-state index contributed by atoms with van der Waals surface area (Å²) < 4.78 is 26.3. The predicted molar refractivity (Wildman–Crippen MR) is 77.6 cm³/mol. The average molecular weight is 313 g/mol. The third kappa shape index (κ3) is 4.15. The molecule has 0 bridgehead atoms. The van der Waals surface area contributed by atoms with Crippen LogP contribution in [0.15, 0.2) is 23.2 Å². The maximum atomic E-state index is 12.4. The van der Waals surface area contributed by atoms with E-state index in [0.29, 0.717) is 18.9 Å². The fraction of sp³-hybridized carbons (Fsp3) is 0.538. The Kier molecular flexibility index (Phi) is 5.13. The molecule has 1 aliphatic heterocycles. The molecule has 2 heterocycles. The van der Waals surface area contributed by atoms with Crippen LogP contribution in [0.25, 0.3) is 0 Å². The number of nitrogens with zero attached hydrogens (tertiary/aromatic N) is 2. The zero-order chi connectivity index (χ0) is 15.3. The lowest BCUT2D eigenvalue weighted by molar-refractivity contribution is -0.136. The number of rotatable bonds is 6. The van der Waals surface area contributed by atoms with Gasteiger partial charge in [0.1, 0.15) is 10.7 Å². The van der Waals surface area contributed by atoms with Crippen molar-refractivity contribution in [2.45, 2.75) is 30.6 Å². The van der Waals surface area contributed by atoms with Crippen molar-refractivity contribution >= 4 is 21.8 Å². The molecular weight excluding hydrogens is 294 g/mol. The van der Waals surface area contributed by atoms with Gasteiger partial charge in [0, 0.05) is 25.8 Å². The minimum atomic E-state index is -3.46. The van der Waals surface area contributed by atoms with Crippen molar-refractivity contribution in [1.82, 2.24) is 9.29 Å². The summed E-state index contributed by atoms with van der Waals surface area (Å²) >= 11 is 0. The first-order chi connectivity index (χ1) is 10.00. The van der Waals surface area contributed by atoms with Gasteiger partial charge in [-0.1, -0.05) is 6.42 Å². The van der Waals surface area contributed by atoms with E-state index < -0.39 is 16.0 Å². The first-order valence-corrected chi connectivity index (χ1v) is 8.36. The molecule has 0 saturated carbocycles. The lowest BCUT2D eigenvalue weighted by atomic mass is 10.2. The number of hydrogen-bond acceptors (Lipinski definition) is 5. The maximum absolute atomic E-state index is 12.4. The lowest BCUT2D eigenvalue weighted by Gasteiger charge is -2.25. The Balaban J connectivity index is 2.02. The van der Waals surface area contributed by atoms with Gasteiger partial charge in [-0.05, 0) is 25.0 Å². The second-order valence-corrected chi connectivity index (χ2v) is 6.85. The van der Waals surface area contributed by atoms with E-state index in [0.717, 1.165) is 19.3 Å². The largest absolute Gasteiger partial charge is 0.481 e. The number of nitrogens with one attached hydrogen (secondary N) is 1. The molecule has 0 spiro atoms. The Morgan fingerprint density at radius 2 is 2.00 bits per heavy atom. The van der Waals surface area contributed by atoms with Crippen molar-refractivity contribution in [2.75, 3.05) is 25.0 Å². The molecule has 0 radical (unpaired) electrons. The number of carbonyl (C=O) groups is 1. The fourth-order valence-electron chi connectivity index (χ4n) is 2.19. The first-order valence-electron chi connectivity index (χ1n) is 6.92. The number of hydrogen-bond donors (Lipinski definition) is 2. The molecule has 1 aliphatic rings. The number of anilines is 1. The van der Waals surface area contributed by atoms with Crippen molar-refractivity contribution in [1.29, 1.82) is 0 Å². The smallest absolute Gasteiger partial charge is 0.305 e. The van der Waals surface area contributed by atoms with Gasteiger partial charge in [0.15, 0.2) is 0 Å². The van der Waals surface area contributed by atoms with Gasteiger partial charge in [-0.2, -0.15) is 4.31 Å². The van der Waals surface area contributed by atoms with E-state index in [4.69, 9.17) is 5.11 Å². The Labute approximate surface area is 124 Å². The normalized spacial score (nSPS) is 16.6. The van der Waals surface area contributed by atoms with Crippen molar-refractivity contribution in [3.05, 3.63) is 18.3 Å². The molecule has 21 heavy (non-hydrogen) atoms. The summed E-state index contributed by atoms with van der Waals surface area (Å²) in [6.07, 6.45) is 4.14. The molecule has 0 aromatic carbocycles. The highest BCUT2D eigenvalue weighted by Crippen LogP contribution is 2.20. The van der Waals surface area contributed by atoms with Gasteiger partial charge >= 0.3 is 5.97 Å². The number of piperidine rings is 1. The first kappa shape index (κ1) is 15.7. The SMILES string of the molecule is O=C(O)CCNc1ccc(S(=O)(=O)N2CCCCC2)cn1. The van der Waals surface area contributed by atoms with E-state index in [1.807, 2.05) is 0 Å². The van der Waals surface area contributed by atoms with Gasteiger partial charge in [-0.15, -0.1) is 0 Å². The number of sulfonamides is 1. The van der Waals surface area contributed by atoms with Crippen LogP contribution in [0.5, 0.6) is 0 Å². The molecule has 1 saturated heterocycles. The van der Waals surface area contributed by atoms with Crippen LogP contribution in [0.1, 0.15) is 25.7 Å². The third-order valence-corrected chi connectivity index (χ3v) is 5.22. The molecular formula is C13H19N3O4S. The Hall–Kier alpha value is -1.67. The van der Waals surface area contributed by atoms with Crippen molar-refractivity contribution < 1.29 is 18.3 Å². The summed E-state index contributed by atoms with van der Waals surface area (Å²) in [5.41, 5.74) is 0. The summed E-state index contributed by atoms with van der Waals surface area (Å²) in [4.78, 5) is 14.6. The van der Waals surface area contributed by atoms with E-state index in [1.165, 1.54) is 16.6 Å². The molecule has 2 rings (SSSR count). The van der Waals surface area contributed by atoms with Gasteiger partial charge in [-0.25, -0.2) is 13.4 Å². The Morgan fingerprint density at radius 1 is 1.29 bits per heavy atom. The standard InChI is InChI=1S/C13H19N3O4S/c17-13(18)6-7-14-12-5-4-11(10-15-12)21(19,20)16-8-2-1-3-9-16/h4-5,10H,1-3,6-9H2,(H,14,15)(H,17,18). The zero-order valence-corrected chi connectivity index (χ0v) is 12.5. The molecule has 0 aliphatic carbocycles. The Morgan fingerprint density at radius 3 is 2.57 bits per heavy atom. The number of aliphatic carboxylic acids is 1. The van der Waals surface area contributed by atoms with Gasteiger partial charge < -0.3 is 10.4 Å². The van der Waals surface area contributed by atoms with E-state index in [-0.39, 0.29) is 17.9 Å². The molecule has 1 fully saturated rings. The number of carboxylic acid groups (broad SMARTS) is 1. The minimum Gasteiger partial charge on any atom is -0.481 e. The quantitative estimate of drug-likeness (QED) is 0.817. The van der Waals surface area contributed by atoms with Gasteiger partial charge in [0.05, 0.1) is 6.42 Å². The molecule has 116 valence electrons. The number of aromatic nitrogens is 1. The molecule has 0 atom stereocenters. The molecule has 7 nitrogen and oxygen atoms in total. The average Bonchev–Trinajstić information content (AvgIpc) is 2.48. The topological polar surface area (TPSA) is 99.6 Å². The van der Waals surface area contributed by atoms with Crippen LogP contribution in [0, 0.1) is 0 Å². The van der Waals surface area contributed by atoms with E-state index in [2.05, 4.69) is 10.3 Å². The van der Waals surface area contributed by atoms with Crippen LogP contribution in [-0.4, -0.2) is 48.4 Å². The van der Waals surface area contributed by atoms with Crippen LogP contribution in [-0.2, 0) is 14.8 Å². The van der Waals surface area contributed by atoms with Crippen LogP contribution < -0.4 is 5.32 Å². The third-order valence-electron chi connectivity index (χ3n) is 3.33. The van der Waals surface area contributed by atoms with E-state index in [1.54, 1.807) is 6.07 Å². The number of carboxylic acids is 1. The lowest BCUT2D eigenvalue weighted by Crippen LogP contribution is -2.35. The monoisotopic (exact) mass is 313 g/mol. The molecule has 0 amide bonds. The highest BCUT2D eigenvalue weighted by Gasteiger charge is 2.25. The minimum absolute atomic E-state index is 0.0183. The highest BCUT2D eigenvalue weighted by atomic mass is 32.2. The van der Waals surface area contributed by atoms with Gasteiger partial charge in [-0.3, -0.25) is 4.79 Å². The van der Waals surface area contributed by atoms with Crippen molar-refractivity contribution in [3.8, 4) is 0 Å². The fourth-order valence-corrected chi connectivity index (χ4v) is 3.65. The summed E-state index contributed by atoms with van der Waals surface area (Å²) in [6, 6.07) is 3.05. The molecule has 0 unspecified atom stereocenters. The van der Waals surface area contributed by atoms with Crippen LogP contribution in [0.4, 0.5) is 5.82 Å². The van der Waals surface area contributed by atoms with E-state index in [9.17, 15) is 13.2 Å². The van der Waals surface area contributed by atoms with Gasteiger partial charge in [0.25, 0.3) is 0 Å². The Bertz CT molecular complexity index is 580. The summed E-state index contributed by atoms with van der Waals surface area (Å²) in [6.45, 7) is 1.36. The molecule has 8 heteroatoms. The second kappa shape index (κ2) is 6.86. The highest BCUT2D eigenvalue weighted by molar-refractivity contribution is 7.89. The predicted octanol–water partition coefficient (Wildman–Crippen LogP) is 1.14. The van der Waals surface area contributed by atoms with Crippen LogP contribution >= 0.6 is 0 Å². The van der Waals surface area contributed by atoms with Gasteiger partial charge in [0.2, 0.25) is 10.0 Å². The van der Waals surface area contributed by atoms with E-state index >= 15 is 0 Å². The van der Waals surface area contributed by atoms with Crippen LogP contribution in [0.3, 0.4) is 0 Å². The summed E-state index contributed by atoms with van der Waals surface area (Å²) in [5.74, 6) is -0.430. The second-order valence-electron chi connectivity index (χ2n) is 4.91. The molecule has 1 aromatic heterocycles. The number of pyridine rings is 1. The molecule has 1 aromatic rings. The summed E-state index contributed by atoms with van der Waals surface area (Å²) in [7, 11) is -3.46. The van der Waals surface area contributed by atoms with Crippen molar-refractivity contribution in [2.24, 2.45) is 0 Å². The van der Waals surface area contributed by atoms with Crippen LogP contribution in [0.2, 0.25) is 0 Å². The van der Waals surface area contributed by atoms with Crippen molar-refractivity contribution in [3.63, 3.8) is 0 Å². The maximum Gasteiger partial charge on any atom is 0.305 e.